The summed E-state index contributed by atoms with van der Waals surface area (Å²) in [6, 6.07) is 8.40. The van der Waals surface area contributed by atoms with E-state index in [-0.39, 0.29) is 24.2 Å². The molecular formula is C14H21ClN2O. The molecule has 1 heterocycles. The van der Waals surface area contributed by atoms with Crippen molar-refractivity contribution in [3.63, 3.8) is 0 Å². The van der Waals surface area contributed by atoms with E-state index in [1.807, 2.05) is 24.9 Å². The van der Waals surface area contributed by atoms with Crippen LogP contribution in [0.4, 0.5) is 0 Å². The molecule has 1 N–H and O–H groups in total. The predicted molar refractivity (Wildman–Crippen MR) is 75.9 cm³/mol. The van der Waals surface area contributed by atoms with Crippen molar-refractivity contribution >= 4 is 18.3 Å². The number of benzene rings is 1. The van der Waals surface area contributed by atoms with Crippen LogP contribution in [0, 0.1) is 5.92 Å². The lowest BCUT2D eigenvalue weighted by molar-refractivity contribution is -0.135. The Morgan fingerprint density at radius 3 is 2.72 bits per heavy atom. The number of carbonyl (C=O) groups excluding carboxylic acids is 1. The first-order valence-electron chi connectivity index (χ1n) is 6.22. The summed E-state index contributed by atoms with van der Waals surface area (Å²) in [6.45, 7) is 4.35. The maximum atomic E-state index is 12.2. The molecule has 0 spiro atoms. The Morgan fingerprint density at radius 2 is 2.06 bits per heavy atom. The van der Waals surface area contributed by atoms with E-state index >= 15 is 0 Å². The van der Waals surface area contributed by atoms with Crippen LogP contribution in [-0.4, -0.2) is 30.9 Å². The van der Waals surface area contributed by atoms with Crippen LogP contribution in [0.5, 0.6) is 0 Å². The van der Waals surface area contributed by atoms with Gasteiger partial charge in [0.05, 0.1) is 0 Å². The SMILES string of the molecule is CNCC(C)C(=O)N1CCc2ccccc2C1.Cl. The lowest BCUT2D eigenvalue weighted by Gasteiger charge is -2.30. The fourth-order valence-electron chi connectivity index (χ4n) is 2.39. The molecule has 0 fully saturated rings. The highest BCUT2D eigenvalue weighted by Gasteiger charge is 2.23. The molecule has 1 atom stereocenters. The van der Waals surface area contributed by atoms with E-state index in [0.717, 1.165) is 26.1 Å². The van der Waals surface area contributed by atoms with Gasteiger partial charge in [-0.1, -0.05) is 31.2 Å². The topological polar surface area (TPSA) is 32.3 Å². The number of hydrogen-bond donors (Lipinski definition) is 1. The lowest BCUT2D eigenvalue weighted by Crippen LogP contribution is -2.41. The monoisotopic (exact) mass is 268 g/mol. The molecule has 0 aliphatic carbocycles. The lowest BCUT2D eigenvalue weighted by atomic mass is 9.98. The number of carbonyl (C=O) groups is 1. The second-order valence-electron chi connectivity index (χ2n) is 4.74. The zero-order valence-electron chi connectivity index (χ0n) is 11.0. The van der Waals surface area contributed by atoms with Gasteiger partial charge in [0.15, 0.2) is 0 Å². The van der Waals surface area contributed by atoms with Crippen LogP contribution >= 0.6 is 12.4 Å². The standard InChI is InChI=1S/C14H20N2O.ClH/c1-11(9-15-2)14(17)16-8-7-12-5-3-4-6-13(12)10-16;/h3-6,11,15H,7-10H2,1-2H3;1H. The summed E-state index contributed by atoms with van der Waals surface area (Å²) < 4.78 is 0. The number of halogens is 1. The van der Waals surface area contributed by atoms with Crippen molar-refractivity contribution in [1.82, 2.24) is 10.2 Å². The van der Waals surface area contributed by atoms with Crippen LogP contribution in [0.3, 0.4) is 0 Å². The van der Waals surface area contributed by atoms with Gasteiger partial charge in [-0.25, -0.2) is 0 Å². The van der Waals surface area contributed by atoms with Gasteiger partial charge in [-0.05, 0) is 24.6 Å². The summed E-state index contributed by atoms with van der Waals surface area (Å²) in [6.07, 6.45) is 0.980. The number of fused-ring (bicyclic) bond motifs is 1. The molecule has 100 valence electrons. The third kappa shape index (κ3) is 3.24. The maximum absolute atomic E-state index is 12.2. The number of amides is 1. The van der Waals surface area contributed by atoms with Gasteiger partial charge < -0.3 is 10.2 Å². The fourth-order valence-corrected chi connectivity index (χ4v) is 2.39. The highest BCUT2D eigenvalue weighted by atomic mass is 35.5. The normalized spacial score (nSPS) is 15.6. The summed E-state index contributed by atoms with van der Waals surface area (Å²) >= 11 is 0. The van der Waals surface area contributed by atoms with Gasteiger partial charge in [-0.15, -0.1) is 12.4 Å². The van der Waals surface area contributed by atoms with Crippen molar-refractivity contribution < 1.29 is 4.79 Å². The average Bonchev–Trinajstić information content (AvgIpc) is 2.37. The summed E-state index contributed by atoms with van der Waals surface area (Å²) in [5.41, 5.74) is 2.68. The van der Waals surface area contributed by atoms with Crippen molar-refractivity contribution in [3.8, 4) is 0 Å². The first-order chi connectivity index (χ1) is 8.22. The zero-order valence-corrected chi connectivity index (χ0v) is 11.8. The van der Waals surface area contributed by atoms with Gasteiger partial charge in [-0.2, -0.15) is 0 Å². The summed E-state index contributed by atoms with van der Waals surface area (Å²) in [5.74, 6) is 0.319. The van der Waals surface area contributed by atoms with Crippen LogP contribution in [0.15, 0.2) is 24.3 Å². The molecule has 2 rings (SSSR count). The third-order valence-corrected chi connectivity index (χ3v) is 3.37. The first-order valence-corrected chi connectivity index (χ1v) is 6.22. The van der Waals surface area contributed by atoms with Gasteiger partial charge in [0.2, 0.25) is 5.91 Å². The van der Waals surface area contributed by atoms with Crippen molar-refractivity contribution in [3.05, 3.63) is 35.4 Å². The molecule has 0 radical (unpaired) electrons. The van der Waals surface area contributed by atoms with Crippen molar-refractivity contribution in [2.24, 2.45) is 5.92 Å². The zero-order chi connectivity index (χ0) is 12.3. The minimum Gasteiger partial charge on any atom is -0.338 e. The molecule has 0 bridgehead atoms. The smallest absolute Gasteiger partial charge is 0.226 e. The quantitative estimate of drug-likeness (QED) is 0.907. The number of hydrogen-bond acceptors (Lipinski definition) is 2. The highest BCUT2D eigenvalue weighted by molar-refractivity contribution is 5.85. The van der Waals surface area contributed by atoms with Gasteiger partial charge in [-0.3, -0.25) is 4.79 Å². The molecule has 0 aromatic heterocycles. The molecule has 0 saturated heterocycles. The Bertz CT molecular complexity index is 409. The molecule has 18 heavy (non-hydrogen) atoms. The van der Waals surface area contributed by atoms with Gasteiger partial charge in [0, 0.05) is 25.6 Å². The number of nitrogens with zero attached hydrogens (tertiary/aromatic N) is 1. The van der Waals surface area contributed by atoms with E-state index in [1.165, 1.54) is 11.1 Å². The molecule has 4 heteroatoms. The molecule has 0 saturated carbocycles. The van der Waals surface area contributed by atoms with Gasteiger partial charge in [0.25, 0.3) is 0 Å². The molecule has 1 aliphatic rings. The van der Waals surface area contributed by atoms with Crippen LogP contribution in [0.2, 0.25) is 0 Å². The molecular weight excluding hydrogens is 248 g/mol. The summed E-state index contributed by atoms with van der Waals surface area (Å²) in [5, 5.41) is 3.06. The van der Waals surface area contributed by atoms with E-state index in [1.54, 1.807) is 0 Å². The Labute approximate surface area is 115 Å². The molecule has 1 unspecified atom stereocenters. The first kappa shape index (κ1) is 15.0. The van der Waals surface area contributed by atoms with Crippen LogP contribution in [0.1, 0.15) is 18.1 Å². The molecule has 1 aliphatic heterocycles. The van der Waals surface area contributed by atoms with E-state index in [0.29, 0.717) is 0 Å². The third-order valence-electron chi connectivity index (χ3n) is 3.37. The van der Waals surface area contributed by atoms with E-state index in [9.17, 15) is 4.79 Å². The molecule has 1 aromatic carbocycles. The largest absolute Gasteiger partial charge is 0.338 e. The second-order valence-corrected chi connectivity index (χ2v) is 4.74. The maximum Gasteiger partial charge on any atom is 0.226 e. The Morgan fingerprint density at radius 1 is 1.39 bits per heavy atom. The van der Waals surface area contributed by atoms with Gasteiger partial charge in [0.1, 0.15) is 0 Å². The van der Waals surface area contributed by atoms with E-state index < -0.39 is 0 Å². The molecule has 1 aromatic rings. The summed E-state index contributed by atoms with van der Waals surface area (Å²) in [4.78, 5) is 14.2. The molecule has 1 amide bonds. The number of rotatable bonds is 3. The second kappa shape index (κ2) is 6.76. The van der Waals surface area contributed by atoms with E-state index in [4.69, 9.17) is 0 Å². The Balaban J connectivity index is 0.00000162. The predicted octanol–water partition coefficient (Wildman–Crippen LogP) is 1.85. The number of nitrogens with one attached hydrogen (secondary N) is 1. The van der Waals surface area contributed by atoms with Crippen LogP contribution < -0.4 is 5.32 Å². The Hall–Kier alpha value is -1.06. The minimum atomic E-state index is 0. The van der Waals surface area contributed by atoms with Gasteiger partial charge >= 0.3 is 0 Å². The van der Waals surface area contributed by atoms with Crippen molar-refractivity contribution in [1.29, 1.82) is 0 Å². The Kier molecular flexibility index (Phi) is 5.63. The molecule has 3 nitrogen and oxygen atoms in total. The minimum absolute atomic E-state index is 0. The van der Waals surface area contributed by atoms with Crippen LogP contribution in [-0.2, 0) is 17.8 Å². The van der Waals surface area contributed by atoms with E-state index in [2.05, 4.69) is 23.5 Å². The van der Waals surface area contributed by atoms with Crippen LogP contribution in [0.25, 0.3) is 0 Å². The highest BCUT2D eigenvalue weighted by Crippen LogP contribution is 2.19. The fraction of sp³-hybridized carbons (Fsp3) is 0.500. The summed E-state index contributed by atoms with van der Waals surface area (Å²) in [7, 11) is 1.88. The van der Waals surface area contributed by atoms with Crippen molar-refractivity contribution in [2.45, 2.75) is 19.9 Å². The van der Waals surface area contributed by atoms with Crippen molar-refractivity contribution in [2.75, 3.05) is 20.1 Å². The average molecular weight is 269 g/mol.